The highest BCUT2D eigenvalue weighted by atomic mass is 16.5. The molecular formula is C14H19N3O4. The Hall–Kier alpha value is -1.89. The quantitative estimate of drug-likeness (QED) is 0.780. The van der Waals surface area contributed by atoms with E-state index in [0.717, 1.165) is 0 Å². The lowest BCUT2D eigenvalue weighted by Crippen LogP contribution is -2.57. The third-order valence-electron chi connectivity index (χ3n) is 3.94. The van der Waals surface area contributed by atoms with Crippen molar-refractivity contribution in [3.8, 4) is 0 Å². The van der Waals surface area contributed by atoms with Gasteiger partial charge in [0, 0.05) is 33.1 Å². The Balaban J connectivity index is 1.56. The SMILES string of the molecule is Cc1nc(C)c(C(=O)N2CC(C(=O)N3CCOCC3)C2)o1. The monoisotopic (exact) mass is 293 g/mol. The Bertz CT molecular complexity index is 557. The van der Waals surface area contributed by atoms with Crippen molar-refractivity contribution in [3.05, 3.63) is 17.3 Å². The Morgan fingerprint density at radius 1 is 1.14 bits per heavy atom. The van der Waals surface area contributed by atoms with Crippen LogP contribution >= 0.6 is 0 Å². The minimum absolute atomic E-state index is 0.101. The smallest absolute Gasteiger partial charge is 0.291 e. The van der Waals surface area contributed by atoms with Gasteiger partial charge in [0.1, 0.15) is 0 Å². The molecule has 0 atom stereocenters. The number of likely N-dealkylation sites (tertiary alicyclic amines) is 1. The summed E-state index contributed by atoms with van der Waals surface area (Å²) in [7, 11) is 0. The number of carbonyl (C=O) groups excluding carboxylic acids is 2. The van der Waals surface area contributed by atoms with Crippen molar-refractivity contribution >= 4 is 11.8 Å². The number of hydrogen-bond acceptors (Lipinski definition) is 5. The van der Waals surface area contributed by atoms with Crippen molar-refractivity contribution in [1.29, 1.82) is 0 Å². The number of carbonyl (C=O) groups is 2. The number of nitrogens with zero attached hydrogens (tertiary/aromatic N) is 3. The van der Waals surface area contributed by atoms with E-state index in [-0.39, 0.29) is 23.5 Å². The first-order valence-corrected chi connectivity index (χ1v) is 7.16. The second kappa shape index (κ2) is 5.48. The Kier molecular flexibility index (Phi) is 3.67. The van der Waals surface area contributed by atoms with E-state index in [2.05, 4.69) is 4.98 Å². The zero-order valence-corrected chi connectivity index (χ0v) is 12.3. The molecule has 0 bridgehead atoms. The maximum Gasteiger partial charge on any atom is 0.291 e. The molecular weight excluding hydrogens is 274 g/mol. The summed E-state index contributed by atoms with van der Waals surface area (Å²) in [6, 6.07) is 0. The molecule has 0 aliphatic carbocycles. The normalized spacial score (nSPS) is 19.5. The molecule has 2 fully saturated rings. The van der Waals surface area contributed by atoms with E-state index < -0.39 is 0 Å². The second-order valence-electron chi connectivity index (χ2n) is 5.49. The molecule has 7 nitrogen and oxygen atoms in total. The molecule has 0 radical (unpaired) electrons. The molecule has 7 heteroatoms. The number of ether oxygens (including phenoxy) is 1. The van der Waals surface area contributed by atoms with Crippen LogP contribution < -0.4 is 0 Å². The lowest BCUT2D eigenvalue weighted by Gasteiger charge is -2.40. The first-order valence-electron chi connectivity index (χ1n) is 7.16. The third-order valence-corrected chi connectivity index (χ3v) is 3.94. The molecule has 2 aliphatic heterocycles. The Labute approximate surface area is 122 Å². The summed E-state index contributed by atoms with van der Waals surface area (Å²) < 4.78 is 10.6. The van der Waals surface area contributed by atoms with Crippen molar-refractivity contribution in [1.82, 2.24) is 14.8 Å². The van der Waals surface area contributed by atoms with Gasteiger partial charge in [0.2, 0.25) is 11.7 Å². The van der Waals surface area contributed by atoms with Crippen LogP contribution in [0.3, 0.4) is 0 Å². The van der Waals surface area contributed by atoms with Crippen LogP contribution in [0.2, 0.25) is 0 Å². The molecule has 3 heterocycles. The van der Waals surface area contributed by atoms with E-state index in [1.165, 1.54) is 0 Å². The number of amides is 2. The van der Waals surface area contributed by atoms with Crippen LogP contribution in [0.25, 0.3) is 0 Å². The van der Waals surface area contributed by atoms with Crippen LogP contribution in [0.5, 0.6) is 0 Å². The van der Waals surface area contributed by atoms with E-state index in [9.17, 15) is 9.59 Å². The first kappa shape index (κ1) is 14.1. The van der Waals surface area contributed by atoms with E-state index in [4.69, 9.17) is 9.15 Å². The standard InChI is InChI=1S/C14H19N3O4/c1-9-12(21-10(2)15-9)14(19)17-7-11(8-17)13(18)16-3-5-20-6-4-16/h11H,3-8H2,1-2H3. The van der Waals surface area contributed by atoms with E-state index in [0.29, 0.717) is 51.0 Å². The number of oxazole rings is 1. The van der Waals surface area contributed by atoms with E-state index >= 15 is 0 Å². The average Bonchev–Trinajstić information content (AvgIpc) is 2.77. The van der Waals surface area contributed by atoms with Crippen LogP contribution in [-0.4, -0.2) is 66.0 Å². The molecule has 0 N–H and O–H groups in total. The van der Waals surface area contributed by atoms with Crippen molar-refractivity contribution in [2.75, 3.05) is 39.4 Å². The van der Waals surface area contributed by atoms with Gasteiger partial charge in [0.05, 0.1) is 24.8 Å². The summed E-state index contributed by atoms with van der Waals surface area (Å²) >= 11 is 0. The molecule has 0 unspecified atom stereocenters. The molecule has 0 spiro atoms. The van der Waals surface area contributed by atoms with Crippen molar-refractivity contribution in [2.24, 2.45) is 5.92 Å². The second-order valence-corrected chi connectivity index (χ2v) is 5.49. The Morgan fingerprint density at radius 3 is 2.38 bits per heavy atom. The fourth-order valence-electron chi connectivity index (χ4n) is 2.72. The topological polar surface area (TPSA) is 75.9 Å². The molecule has 2 saturated heterocycles. The largest absolute Gasteiger partial charge is 0.436 e. The van der Waals surface area contributed by atoms with Gasteiger partial charge in [-0.3, -0.25) is 9.59 Å². The molecule has 114 valence electrons. The summed E-state index contributed by atoms with van der Waals surface area (Å²) in [5, 5.41) is 0. The number of aryl methyl sites for hydroxylation is 2. The molecule has 3 rings (SSSR count). The summed E-state index contributed by atoms with van der Waals surface area (Å²) in [5.74, 6) is 0.602. The molecule has 1 aromatic heterocycles. The zero-order chi connectivity index (χ0) is 15.0. The maximum absolute atomic E-state index is 12.3. The number of rotatable bonds is 2. The number of hydrogen-bond donors (Lipinski definition) is 0. The third kappa shape index (κ3) is 2.65. The van der Waals surface area contributed by atoms with Crippen molar-refractivity contribution in [2.45, 2.75) is 13.8 Å². The average molecular weight is 293 g/mol. The molecule has 2 amide bonds. The van der Waals surface area contributed by atoms with Crippen molar-refractivity contribution in [3.63, 3.8) is 0 Å². The number of aromatic nitrogens is 1. The van der Waals surface area contributed by atoms with Gasteiger partial charge in [0.25, 0.3) is 5.91 Å². The fraction of sp³-hybridized carbons (Fsp3) is 0.643. The summed E-state index contributed by atoms with van der Waals surface area (Å²) in [6.07, 6.45) is 0. The fourth-order valence-corrected chi connectivity index (χ4v) is 2.72. The zero-order valence-electron chi connectivity index (χ0n) is 12.3. The predicted octanol–water partition coefficient (Wildman–Crippen LogP) is 0.222. The predicted molar refractivity (Wildman–Crippen MR) is 72.8 cm³/mol. The van der Waals surface area contributed by atoms with Crippen LogP contribution in [-0.2, 0) is 9.53 Å². The summed E-state index contributed by atoms with van der Waals surface area (Å²) in [4.78, 5) is 32.1. The molecule has 2 aliphatic rings. The van der Waals surface area contributed by atoms with Gasteiger partial charge < -0.3 is 19.0 Å². The van der Waals surface area contributed by atoms with Gasteiger partial charge in [-0.2, -0.15) is 0 Å². The van der Waals surface area contributed by atoms with Crippen LogP contribution in [0.1, 0.15) is 22.1 Å². The lowest BCUT2D eigenvalue weighted by atomic mass is 9.97. The van der Waals surface area contributed by atoms with Gasteiger partial charge in [-0.25, -0.2) is 4.98 Å². The van der Waals surface area contributed by atoms with Gasteiger partial charge in [-0.15, -0.1) is 0 Å². The highest BCUT2D eigenvalue weighted by Gasteiger charge is 2.39. The summed E-state index contributed by atoms with van der Waals surface area (Å²) in [5.41, 5.74) is 0.598. The minimum atomic E-state index is -0.181. The van der Waals surface area contributed by atoms with Gasteiger partial charge in [-0.05, 0) is 6.92 Å². The minimum Gasteiger partial charge on any atom is -0.436 e. The van der Waals surface area contributed by atoms with Gasteiger partial charge in [0.15, 0.2) is 5.89 Å². The highest BCUT2D eigenvalue weighted by Crippen LogP contribution is 2.23. The molecule has 1 aromatic rings. The number of morpholine rings is 1. The van der Waals surface area contributed by atoms with Crippen LogP contribution in [0, 0.1) is 19.8 Å². The van der Waals surface area contributed by atoms with Gasteiger partial charge in [-0.1, -0.05) is 0 Å². The van der Waals surface area contributed by atoms with Crippen LogP contribution in [0.4, 0.5) is 0 Å². The van der Waals surface area contributed by atoms with Crippen molar-refractivity contribution < 1.29 is 18.7 Å². The highest BCUT2D eigenvalue weighted by molar-refractivity contribution is 5.94. The van der Waals surface area contributed by atoms with E-state index in [1.807, 2.05) is 4.90 Å². The molecule has 21 heavy (non-hydrogen) atoms. The first-order chi connectivity index (χ1) is 10.1. The van der Waals surface area contributed by atoms with Gasteiger partial charge >= 0.3 is 0 Å². The molecule has 0 saturated carbocycles. The van der Waals surface area contributed by atoms with E-state index in [1.54, 1.807) is 18.7 Å². The Morgan fingerprint density at radius 2 is 1.81 bits per heavy atom. The molecule has 0 aromatic carbocycles. The van der Waals surface area contributed by atoms with Crippen LogP contribution in [0.15, 0.2) is 4.42 Å². The lowest BCUT2D eigenvalue weighted by molar-refractivity contribution is -0.143. The maximum atomic E-state index is 12.3. The summed E-state index contributed by atoms with van der Waals surface area (Å²) in [6.45, 7) is 6.84.